The van der Waals surface area contributed by atoms with Crippen molar-refractivity contribution in [3.63, 3.8) is 0 Å². The van der Waals surface area contributed by atoms with Crippen LogP contribution in [0.2, 0.25) is 0 Å². The molecule has 0 spiro atoms. The summed E-state index contributed by atoms with van der Waals surface area (Å²) in [6.45, 7) is 2.85. The Morgan fingerprint density at radius 3 is 2.76 bits per heavy atom. The molecular weight excluding hydrogens is 355 g/mol. The van der Waals surface area contributed by atoms with Gasteiger partial charge in [0.2, 0.25) is 5.91 Å². The molecular formula is C15H20F3N5OS. The van der Waals surface area contributed by atoms with Crippen LogP contribution in [0.1, 0.15) is 25.5 Å². The topological polar surface area (TPSA) is 64.7 Å². The molecule has 2 aromatic heterocycles. The van der Waals surface area contributed by atoms with Gasteiger partial charge in [0.1, 0.15) is 5.69 Å². The maximum absolute atomic E-state index is 13.2. The lowest BCUT2D eigenvalue weighted by molar-refractivity contribution is -0.144. The number of rotatable bonds is 8. The predicted molar refractivity (Wildman–Crippen MR) is 90.2 cm³/mol. The SMILES string of the molecule is CCn1cc(-c2cc(C(F)(F)F)n(CCCNC(=O)CCS)n2)cn1. The highest BCUT2D eigenvalue weighted by atomic mass is 32.1. The first kappa shape index (κ1) is 19.4. The van der Waals surface area contributed by atoms with Crippen LogP contribution in [-0.2, 0) is 24.1 Å². The zero-order valence-corrected chi connectivity index (χ0v) is 14.6. The summed E-state index contributed by atoms with van der Waals surface area (Å²) >= 11 is 3.95. The Kier molecular flexibility index (Phi) is 6.51. The maximum atomic E-state index is 13.2. The third kappa shape index (κ3) is 5.25. The standard InChI is InChI=1S/C15H20F3N5OS/c1-2-22-10-11(9-20-22)12-8-13(15(16,17)18)23(21-12)6-3-5-19-14(24)4-7-25/h8-10,25H,2-7H2,1H3,(H,19,24). The minimum absolute atomic E-state index is 0.0535. The minimum Gasteiger partial charge on any atom is -0.356 e. The number of nitrogens with one attached hydrogen (secondary N) is 1. The van der Waals surface area contributed by atoms with E-state index in [1.165, 1.54) is 6.20 Å². The van der Waals surface area contributed by atoms with Crippen molar-refractivity contribution >= 4 is 18.5 Å². The molecule has 0 fully saturated rings. The maximum Gasteiger partial charge on any atom is 0.433 e. The van der Waals surface area contributed by atoms with Crippen molar-refractivity contribution in [1.82, 2.24) is 24.9 Å². The molecule has 0 radical (unpaired) electrons. The predicted octanol–water partition coefficient (Wildman–Crippen LogP) is 2.61. The Bertz CT molecular complexity index is 710. The number of carbonyl (C=O) groups is 1. The van der Waals surface area contributed by atoms with Gasteiger partial charge in [0, 0.05) is 37.8 Å². The summed E-state index contributed by atoms with van der Waals surface area (Å²) in [5, 5.41) is 10.8. The average Bonchev–Trinajstić information content (AvgIpc) is 3.17. The number of aryl methyl sites for hydroxylation is 2. The largest absolute Gasteiger partial charge is 0.433 e. The molecule has 0 saturated heterocycles. The number of aromatic nitrogens is 4. The van der Waals surface area contributed by atoms with E-state index in [1.807, 2.05) is 6.92 Å². The molecule has 0 saturated carbocycles. The Morgan fingerprint density at radius 1 is 1.40 bits per heavy atom. The molecule has 10 heteroatoms. The third-order valence-electron chi connectivity index (χ3n) is 3.53. The van der Waals surface area contributed by atoms with Crippen molar-refractivity contribution in [1.29, 1.82) is 0 Å². The second kappa shape index (κ2) is 8.41. The lowest BCUT2D eigenvalue weighted by Crippen LogP contribution is -2.26. The van der Waals surface area contributed by atoms with E-state index in [9.17, 15) is 18.0 Å². The molecule has 138 valence electrons. The number of nitrogens with zero attached hydrogens (tertiary/aromatic N) is 4. The number of amides is 1. The molecule has 0 unspecified atom stereocenters. The molecule has 2 rings (SSSR count). The van der Waals surface area contributed by atoms with E-state index in [1.54, 1.807) is 10.9 Å². The van der Waals surface area contributed by atoms with Crippen molar-refractivity contribution in [2.45, 2.75) is 39.0 Å². The second-order valence-corrected chi connectivity index (χ2v) is 5.84. The van der Waals surface area contributed by atoms with Crippen LogP contribution >= 0.6 is 12.6 Å². The van der Waals surface area contributed by atoms with Crippen LogP contribution in [0, 0.1) is 0 Å². The van der Waals surface area contributed by atoms with Crippen LogP contribution in [0.25, 0.3) is 11.3 Å². The minimum atomic E-state index is -4.50. The molecule has 1 N–H and O–H groups in total. The molecule has 2 heterocycles. The monoisotopic (exact) mass is 375 g/mol. The Labute approximate surface area is 148 Å². The van der Waals surface area contributed by atoms with Crippen LogP contribution in [0.5, 0.6) is 0 Å². The van der Waals surface area contributed by atoms with Gasteiger partial charge >= 0.3 is 6.18 Å². The van der Waals surface area contributed by atoms with E-state index in [4.69, 9.17) is 0 Å². The Hall–Kier alpha value is -1.97. The van der Waals surface area contributed by atoms with Gasteiger partial charge in [0.05, 0.1) is 11.9 Å². The Morgan fingerprint density at radius 2 is 2.16 bits per heavy atom. The first-order valence-electron chi connectivity index (χ1n) is 7.90. The van der Waals surface area contributed by atoms with E-state index in [2.05, 4.69) is 28.1 Å². The molecule has 0 atom stereocenters. The Balaban J connectivity index is 2.09. The van der Waals surface area contributed by atoms with E-state index in [-0.39, 0.29) is 31.1 Å². The highest BCUT2D eigenvalue weighted by Crippen LogP contribution is 2.32. The molecule has 0 aliphatic heterocycles. The van der Waals surface area contributed by atoms with Gasteiger partial charge in [-0.1, -0.05) is 0 Å². The van der Waals surface area contributed by atoms with Crippen molar-refractivity contribution in [3.05, 3.63) is 24.2 Å². The van der Waals surface area contributed by atoms with E-state index in [0.717, 1.165) is 10.7 Å². The van der Waals surface area contributed by atoms with Crippen molar-refractivity contribution < 1.29 is 18.0 Å². The number of carbonyl (C=O) groups excluding carboxylic acids is 1. The number of alkyl halides is 3. The quantitative estimate of drug-likeness (QED) is 0.551. The number of halogens is 3. The van der Waals surface area contributed by atoms with E-state index < -0.39 is 11.9 Å². The second-order valence-electron chi connectivity index (χ2n) is 5.40. The molecule has 25 heavy (non-hydrogen) atoms. The van der Waals surface area contributed by atoms with Gasteiger partial charge in [-0.15, -0.1) is 0 Å². The van der Waals surface area contributed by atoms with Crippen molar-refractivity contribution in [3.8, 4) is 11.3 Å². The van der Waals surface area contributed by atoms with Gasteiger partial charge < -0.3 is 5.32 Å². The summed E-state index contributed by atoms with van der Waals surface area (Å²) in [7, 11) is 0. The first-order valence-corrected chi connectivity index (χ1v) is 8.53. The molecule has 0 bridgehead atoms. The van der Waals surface area contributed by atoms with Crippen molar-refractivity contribution in [2.75, 3.05) is 12.3 Å². The lowest BCUT2D eigenvalue weighted by atomic mass is 10.2. The van der Waals surface area contributed by atoms with Crippen LogP contribution in [0.3, 0.4) is 0 Å². The summed E-state index contributed by atoms with van der Waals surface area (Å²) in [6, 6.07) is 1.02. The molecule has 1 amide bonds. The fourth-order valence-electron chi connectivity index (χ4n) is 2.27. The third-order valence-corrected chi connectivity index (χ3v) is 3.75. The smallest absolute Gasteiger partial charge is 0.356 e. The fraction of sp³-hybridized carbons (Fsp3) is 0.533. The normalized spacial score (nSPS) is 11.7. The van der Waals surface area contributed by atoms with Crippen LogP contribution < -0.4 is 5.32 Å². The number of hydrogen-bond donors (Lipinski definition) is 2. The average molecular weight is 375 g/mol. The van der Waals surface area contributed by atoms with Gasteiger partial charge in [-0.2, -0.15) is 36.0 Å². The van der Waals surface area contributed by atoms with Gasteiger partial charge in [-0.25, -0.2) is 0 Å². The van der Waals surface area contributed by atoms with Gasteiger partial charge in [0.25, 0.3) is 0 Å². The number of thiol groups is 1. The molecule has 0 aliphatic carbocycles. The number of hydrogen-bond acceptors (Lipinski definition) is 4. The summed E-state index contributed by atoms with van der Waals surface area (Å²) < 4.78 is 42.2. The molecule has 0 aromatic carbocycles. The van der Waals surface area contributed by atoms with Crippen LogP contribution in [0.15, 0.2) is 18.5 Å². The van der Waals surface area contributed by atoms with E-state index in [0.29, 0.717) is 24.3 Å². The molecule has 0 aliphatic rings. The van der Waals surface area contributed by atoms with Gasteiger partial charge in [-0.3, -0.25) is 14.2 Å². The van der Waals surface area contributed by atoms with Gasteiger partial charge in [0.15, 0.2) is 0 Å². The highest BCUT2D eigenvalue weighted by Gasteiger charge is 2.36. The zero-order chi connectivity index (χ0) is 18.4. The molecule has 2 aromatic rings. The van der Waals surface area contributed by atoms with E-state index >= 15 is 0 Å². The first-order chi connectivity index (χ1) is 11.8. The highest BCUT2D eigenvalue weighted by molar-refractivity contribution is 7.80. The fourth-order valence-corrected chi connectivity index (χ4v) is 2.47. The summed E-state index contributed by atoms with van der Waals surface area (Å²) in [6.07, 6.45) is -0.721. The molecule has 6 nitrogen and oxygen atoms in total. The lowest BCUT2D eigenvalue weighted by Gasteiger charge is -2.10. The summed E-state index contributed by atoms with van der Waals surface area (Å²) in [5.74, 6) is 0.261. The summed E-state index contributed by atoms with van der Waals surface area (Å²) in [4.78, 5) is 11.3. The van der Waals surface area contributed by atoms with Crippen molar-refractivity contribution in [2.24, 2.45) is 0 Å². The zero-order valence-electron chi connectivity index (χ0n) is 13.8. The summed E-state index contributed by atoms with van der Waals surface area (Å²) in [5.41, 5.74) is -0.0484. The van der Waals surface area contributed by atoms with Gasteiger partial charge in [-0.05, 0) is 25.2 Å². The van der Waals surface area contributed by atoms with Crippen LogP contribution in [-0.4, -0.2) is 37.8 Å². The van der Waals surface area contributed by atoms with Crippen LogP contribution in [0.4, 0.5) is 13.2 Å².